The number of allylic oxidation sites excluding steroid dienone is 2. The van der Waals surface area contributed by atoms with Crippen LogP contribution in [0.15, 0.2) is 16.3 Å². The highest BCUT2D eigenvalue weighted by Gasteiger charge is 2.12. The predicted molar refractivity (Wildman–Crippen MR) is 68.0 cm³/mol. The molecule has 1 heterocycles. The predicted octanol–water partition coefficient (Wildman–Crippen LogP) is 2.60. The van der Waals surface area contributed by atoms with Crippen molar-refractivity contribution in [3.8, 4) is 0 Å². The minimum Gasteiger partial charge on any atom is -0.363 e. The first-order chi connectivity index (χ1) is 7.69. The lowest BCUT2D eigenvalue weighted by atomic mass is 10.1. The van der Waals surface area contributed by atoms with E-state index in [9.17, 15) is 4.79 Å². The Morgan fingerprint density at radius 2 is 2.31 bits per heavy atom. The molecule has 0 aromatic carbocycles. The molecular weight excluding hydrogens is 224 g/mol. The molecule has 0 bridgehead atoms. The number of carbonyl (C=O) groups is 1. The lowest BCUT2D eigenvalue weighted by Crippen LogP contribution is -2.31. The van der Waals surface area contributed by atoms with Crippen LogP contribution < -0.4 is 0 Å². The fourth-order valence-corrected chi connectivity index (χ4v) is 1.99. The van der Waals surface area contributed by atoms with E-state index in [2.05, 4.69) is 9.89 Å². The van der Waals surface area contributed by atoms with E-state index >= 15 is 0 Å². The van der Waals surface area contributed by atoms with Gasteiger partial charge >= 0.3 is 0 Å². The molecule has 0 spiro atoms. The Hall–Kier alpha value is -0.830. The normalized spacial score (nSPS) is 20.9. The lowest BCUT2D eigenvalue weighted by molar-refractivity contribution is -0.105. The summed E-state index contributed by atoms with van der Waals surface area (Å²) in [5.41, 5.74) is 1.51. The molecule has 0 unspecified atom stereocenters. The van der Waals surface area contributed by atoms with E-state index in [1.54, 1.807) is 0 Å². The second-order valence-electron chi connectivity index (χ2n) is 4.07. The van der Waals surface area contributed by atoms with E-state index in [0.717, 1.165) is 30.8 Å². The van der Waals surface area contributed by atoms with Crippen molar-refractivity contribution in [2.45, 2.75) is 32.6 Å². The molecule has 0 amide bonds. The monoisotopic (exact) mass is 242 g/mol. The molecule has 1 fully saturated rings. The van der Waals surface area contributed by atoms with E-state index in [0.29, 0.717) is 17.9 Å². The van der Waals surface area contributed by atoms with Gasteiger partial charge in [0.25, 0.3) is 0 Å². The van der Waals surface area contributed by atoms with Crippen molar-refractivity contribution < 1.29 is 4.79 Å². The largest absolute Gasteiger partial charge is 0.363 e. The molecule has 4 heteroatoms. The molecule has 16 heavy (non-hydrogen) atoms. The molecule has 0 aromatic heterocycles. The Balaban J connectivity index is 2.82. The maximum Gasteiger partial charge on any atom is 0.147 e. The number of halogens is 1. The fraction of sp³-hybridized carbons (Fsp3) is 0.667. The minimum atomic E-state index is 0.464. The van der Waals surface area contributed by atoms with Crippen molar-refractivity contribution in [1.82, 2.24) is 4.90 Å². The number of likely N-dealkylation sites (tertiary alicyclic amines) is 1. The average Bonchev–Trinajstić information content (AvgIpc) is 2.29. The molecule has 0 aliphatic carbocycles. The van der Waals surface area contributed by atoms with Crippen LogP contribution in [0, 0.1) is 0 Å². The van der Waals surface area contributed by atoms with Crippen LogP contribution in [-0.2, 0) is 4.79 Å². The number of rotatable bonds is 4. The summed E-state index contributed by atoms with van der Waals surface area (Å²) in [6.45, 7) is 2.93. The first-order valence-electron chi connectivity index (χ1n) is 5.68. The number of hydrogen-bond acceptors (Lipinski definition) is 2. The Bertz CT molecular complexity index is 310. The van der Waals surface area contributed by atoms with Crippen molar-refractivity contribution in [2.75, 3.05) is 19.5 Å². The third-order valence-corrected chi connectivity index (χ3v) is 3.04. The van der Waals surface area contributed by atoms with Gasteiger partial charge in [-0.3, -0.25) is 4.79 Å². The molecular formula is C12H19ClN2O. The topological polar surface area (TPSA) is 32.7 Å². The minimum absolute atomic E-state index is 0.464. The van der Waals surface area contributed by atoms with Gasteiger partial charge in [-0.15, -0.1) is 11.6 Å². The molecule has 0 aromatic rings. The van der Waals surface area contributed by atoms with E-state index in [1.807, 2.05) is 14.0 Å². The molecule has 0 atom stereocenters. The van der Waals surface area contributed by atoms with Gasteiger partial charge in [0.1, 0.15) is 12.1 Å². The number of amidine groups is 1. The Kier molecular flexibility index (Phi) is 5.53. The third-order valence-electron chi connectivity index (χ3n) is 2.85. The van der Waals surface area contributed by atoms with Crippen LogP contribution in [-0.4, -0.2) is 36.5 Å². The van der Waals surface area contributed by atoms with Gasteiger partial charge in [0.2, 0.25) is 0 Å². The number of alkyl halides is 1. The van der Waals surface area contributed by atoms with Gasteiger partial charge in [0.15, 0.2) is 0 Å². The zero-order valence-corrected chi connectivity index (χ0v) is 10.8. The summed E-state index contributed by atoms with van der Waals surface area (Å²) in [7, 11) is 2.05. The molecule has 1 rings (SSSR count). The molecule has 1 saturated heterocycles. The van der Waals surface area contributed by atoms with Crippen LogP contribution in [0.5, 0.6) is 0 Å². The van der Waals surface area contributed by atoms with E-state index < -0.39 is 0 Å². The summed E-state index contributed by atoms with van der Waals surface area (Å²) in [6.07, 6.45) is 4.87. The first kappa shape index (κ1) is 13.2. The van der Waals surface area contributed by atoms with Gasteiger partial charge in [-0.2, -0.15) is 0 Å². The molecule has 0 N–H and O–H groups in total. The van der Waals surface area contributed by atoms with Gasteiger partial charge in [-0.1, -0.05) is 0 Å². The van der Waals surface area contributed by atoms with Crippen molar-refractivity contribution in [3.63, 3.8) is 0 Å². The molecule has 1 aliphatic rings. The SMILES string of the molecule is C/C(N=C1CCCCN1C)=C(/C=O)CCCl. The molecule has 1 aliphatic heterocycles. The zero-order valence-electron chi connectivity index (χ0n) is 10.0. The quantitative estimate of drug-likeness (QED) is 0.431. The summed E-state index contributed by atoms with van der Waals surface area (Å²) >= 11 is 5.64. The standard InChI is InChI=1S/C12H19ClN2O/c1-10(11(9-16)6-7-13)14-12-5-3-4-8-15(12)2/h9H,3-8H2,1-2H3/b11-10-,14-12?. The van der Waals surface area contributed by atoms with Crippen LogP contribution in [0.2, 0.25) is 0 Å². The van der Waals surface area contributed by atoms with E-state index in [4.69, 9.17) is 11.6 Å². The highest BCUT2D eigenvalue weighted by molar-refractivity contribution is 6.18. The van der Waals surface area contributed by atoms with Crippen LogP contribution >= 0.6 is 11.6 Å². The van der Waals surface area contributed by atoms with Crippen molar-refractivity contribution >= 4 is 23.7 Å². The summed E-state index contributed by atoms with van der Waals surface area (Å²) in [4.78, 5) is 17.6. The van der Waals surface area contributed by atoms with Gasteiger partial charge in [0, 0.05) is 37.2 Å². The van der Waals surface area contributed by atoms with Crippen LogP contribution in [0.25, 0.3) is 0 Å². The maximum absolute atomic E-state index is 10.9. The second-order valence-corrected chi connectivity index (χ2v) is 4.45. The summed E-state index contributed by atoms with van der Waals surface area (Å²) in [5, 5.41) is 0. The maximum atomic E-state index is 10.9. The van der Waals surface area contributed by atoms with Gasteiger partial charge in [0.05, 0.1) is 0 Å². The smallest absolute Gasteiger partial charge is 0.147 e. The number of piperidine rings is 1. The summed E-state index contributed by atoms with van der Waals surface area (Å²) in [5.74, 6) is 1.55. The lowest BCUT2D eigenvalue weighted by Gasteiger charge is -2.26. The number of nitrogens with zero attached hydrogens (tertiary/aromatic N) is 2. The fourth-order valence-electron chi connectivity index (χ4n) is 1.79. The first-order valence-corrected chi connectivity index (χ1v) is 6.22. The third kappa shape index (κ3) is 3.63. The molecule has 0 saturated carbocycles. The van der Waals surface area contributed by atoms with E-state index in [1.165, 1.54) is 12.8 Å². The number of aliphatic imine (C=N–C) groups is 1. The zero-order chi connectivity index (χ0) is 12.0. The van der Waals surface area contributed by atoms with Gasteiger partial charge in [-0.05, 0) is 26.2 Å². The van der Waals surface area contributed by atoms with Gasteiger partial charge < -0.3 is 4.90 Å². The van der Waals surface area contributed by atoms with Crippen molar-refractivity contribution in [2.24, 2.45) is 4.99 Å². The van der Waals surface area contributed by atoms with Crippen LogP contribution in [0.4, 0.5) is 0 Å². The van der Waals surface area contributed by atoms with Crippen molar-refractivity contribution in [3.05, 3.63) is 11.3 Å². The second kappa shape index (κ2) is 6.69. The summed E-state index contributed by atoms with van der Waals surface area (Å²) < 4.78 is 0. The average molecular weight is 243 g/mol. The Morgan fingerprint density at radius 3 is 2.88 bits per heavy atom. The highest BCUT2D eigenvalue weighted by Crippen LogP contribution is 2.15. The van der Waals surface area contributed by atoms with Crippen LogP contribution in [0.1, 0.15) is 32.6 Å². The molecule has 3 nitrogen and oxygen atoms in total. The Morgan fingerprint density at radius 1 is 1.56 bits per heavy atom. The van der Waals surface area contributed by atoms with Crippen molar-refractivity contribution in [1.29, 1.82) is 0 Å². The number of hydrogen-bond donors (Lipinski definition) is 0. The van der Waals surface area contributed by atoms with Gasteiger partial charge in [-0.25, -0.2) is 4.99 Å². The highest BCUT2D eigenvalue weighted by atomic mass is 35.5. The number of carbonyl (C=O) groups excluding carboxylic acids is 1. The Labute approximate surface area is 102 Å². The van der Waals surface area contributed by atoms with Crippen LogP contribution in [0.3, 0.4) is 0 Å². The summed E-state index contributed by atoms with van der Waals surface area (Å²) in [6, 6.07) is 0. The molecule has 0 radical (unpaired) electrons. The van der Waals surface area contributed by atoms with E-state index in [-0.39, 0.29) is 0 Å². The number of aldehydes is 1. The molecule has 90 valence electrons.